The third kappa shape index (κ3) is 6.88. The Balaban J connectivity index is 0.861. The lowest BCUT2D eigenvalue weighted by atomic mass is 9.84. The van der Waals surface area contributed by atoms with E-state index in [0.717, 1.165) is 33.6 Å². The van der Waals surface area contributed by atoms with Crippen LogP contribution in [0.3, 0.4) is 0 Å². The number of fused-ring (bicyclic) bond motifs is 4. The van der Waals surface area contributed by atoms with Gasteiger partial charge in [-0.15, -0.1) is 0 Å². The first-order valence-corrected chi connectivity index (χ1v) is 21.1. The molecule has 0 bridgehead atoms. The van der Waals surface area contributed by atoms with E-state index in [-0.39, 0.29) is 5.82 Å². The summed E-state index contributed by atoms with van der Waals surface area (Å²) in [7, 11) is 0. The number of rotatable bonds is 8. The molecule has 0 aliphatic rings. The molecule has 0 heterocycles. The maximum absolute atomic E-state index is 14.0. The van der Waals surface area contributed by atoms with Crippen LogP contribution in [-0.2, 0) is 0 Å². The highest BCUT2D eigenvalue weighted by Gasteiger charge is 2.18. The van der Waals surface area contributed by atoms with E-state index in [1.165, 1.54) is 83.2 Å². The van der Waals surface area contributed by atoms with E-state index in [4.69, 9.17) is 0 Å². The van der Waals surface area contributed by atoms with Crippen molar-refractivity contribution in [2.75, 3.05) is 4.90 Å². The van der Waals surface area contributed by atoms with E-state index >= 15 is 0 Å². The average molecular weight is 794 g/mol. The van der Waals surface area contributed by atoms with Crippen LogP contribution in [0, 0.1) is 5.82 Å². The summed E-state index contributed by atoms with van der Waals surface area (Å²) in [5, 5.41) is 9.87. The highest BCUT2D eigenvalue weighted by atomic mass is 19.1. The quantitative estimate of drug-likeness (QED) is 0.109. The van der Waals surface area contributed by atoms with Crippen molar-refractivity contribution in [3.63, 3.8) is 0 Å². The standard InChI is InChI=1S/C60H40FN/c61-49-33-38-51(39-34-49)62(52-37-32-43-10-1-2-12-48(43)40-52)50-35-24-42(25-36-50)21-20-41-22-26-44(27-23-41)45-28-30-47(31-29-45)59-55-15-5-7-17-57(55)60(58-18-8-6-16-56(58)59)54-19-9-13-46-11-3-4-14-53(46)54/h1-40H/b21-20+. The first-order chi connectivity index (χ1) is 30.6. The molecule has 0 aliphatic heterocycles. The maximum Gasteiger partial charge on any atom is 0.123 e. The van der Waals surface area contributed by atoms with Gasteiger partial charge in [0.15, 0.2) is 0 Å². The van der Waals surface area contributed by atoms with Crippen LogP contribution in [0.15, 0.2) is 231 Å². The minimum atomic E-state index is -0.253. The normalized spacial score (nSPS) is 11.6. The molecule has 292 valence electrons. The lowest BCUT2D eigenvalue weighted by Gasteiger charge is -2.26. The number of benzene rings is 11. The summed E-state index contributed by atoms with van der Waals surface area (Å²) in [5.74, 6) is -0.253. The second-order valence-corrected chi connectivity index (χ2v) is 15.8. The number of hydrogen-bond donors (Lipinski definition) is 0. The fourth-order valence-corrected chi connectivity index (χ4v) is 9.07. The second-order valence-electron chi connectivity index (χ2n) is 15.8. The van der Waals surface area contributed by atoms with Crippen molar-refractivity contribution in [2.24, 2.45) is 0 Å². The zero-order chi connectivity index (χ0) is 41.4. The van der Waals surface area contributed by atoms with Gasteiger partial charge in [0.25, 0.3) is 0 Å². The molecule has 0 spiro atoms. The van der Waals surface area contributed by atoms with Gasteiger partial charge in [0, 0.05) is 17.1 Å². The van der Waals surface area contributed by atoms with Gasteiger partial charge in [-0.2, -0.15) is 0 Å². The van der Waals surface area contributed by atoms with E-state index < -0.39 is 0 Å². The molecule has 11 rings (SSSR count). The highest BCUT2D eigenvalue weighted by Crippen LogP contribution is 2.45. The molecular formula is C60H40FN. The number of hydrogen-bond acceptors (Lipinski definition) is 1. The molecule has 0 fully saturated rings. The number of anilines is 3. The molecule has 0 saturated carbocycles. The number of nitrogens with zero attached hydrogens (tertiary/aromatic N) is 1. The highest BCUT2D eigenvalue weighted by molar-refractivity contribution is 6.23. The lowest BCUT2D eigenvalue weighted by molar-refractivity contribution is 0.628. The van der Waals surface area contributed by atoms with Gasteiger partial charge in [0.05, 0.1) is 0 Å². The van der Waals surface area contributed by atoms with E-state index in [2.05, 4.69) is 223 Å². The summed E-state index contributed by atoms with van der Waals surface area (Å²) in [6.45, 7) is 0. The van der Waals surface area contributed by atoms with Crippen LogP contribution < -0.4 is 4.90 Å². The Hall–Kier alpha value is -8.07. The summed E-state index contributed by atoms with van der Waals surface area (Å²) in [6, 6.07) is 80.8. The lowest BCUT2D eigenvalue weighted by Crippen LogP contribution is -2.09. The van der Waals surface area contributed by atoms with Gasteiger partial charge in [0.1, 0.15) is 5.82 Å². The third-order valence-electron chi connectivity index (χ3n) is 12.1. The Morgan fingerprint density at radius 2 is 0.742 bits per heavy atom. The van der Waals surface area contributed by atoms with Crippen LogP contribution in [0.2, 0.25) is 0 Å². The topological polar surface area (TPSA) is 3.24 Å². The van der Waals surface area contributed by atoms with Gasteiger partial charge < -0.3 is 4.90 Å². The van der Waals surface area contributed by atoms with Crippen LogP contribution in [0.4, 0.5) is 21.5 Å². The summed E-state index contributed by atoms with van der Waals surface area (Å²) >= 11 is 0. The fourth-order valence-electron chi connectivity index (χ4n) is 9.07. The summed E-state index contributed by atoms with van der Waals surface area (Å²) < 4.78 is 14.0. The van der Waals surface area contributed by atoms with Gasteiger partial charge in [-0.25, -0.2) is 4.39 Å². The molecular weight excluding hydrogens is 754 g/mol. The molecule has 0 amide bonds. The molecule has 0 atom stereocenters. The molecule has 1 nitrogen and oxygen atoms in total. The maximum atomic E-state index is 14.0. The van der Waals surface area contributed by atoms with Crippen LogP contribution in [0.25, 0.3) is 88.6 Å². The Morgan fingerprint density at radius 3 is 1.35 bits per heavy atom. The van der Waals surface area contributed by atoms with E-state index in [9.17, 15) is 4.39 Å². The fraction of sp³-hybridized carbons (Fsp3) is 0. The van der Waals surface area contributed by atoms with Gasteiger partial charge >= 0.3 is 0 Å². The molecule has 0 N–H and O–H groups in total. The van der Waals surface area contributed by atoms with Crippen LogP contribution in [0.5, 0.6) is 0 Å². The largest absolute Gasteiger partial charge is 0.310 e. The third-order valence-corrected chi connectivity index (χ3v) is 12.1. The summed E-state index contributed by atoms with van der Waals surface area (Å²) in [4.78, 5) is 2.16. The Kier molecular flexibility index (Phi) is 9.44. The van der Waals surface area contributed by atoms with Gasteiger partial charge in [-0.3, -0.25) is 0 Å². The van der Waals surface area contributed by atoms with E-state index in [1.807, 2.05) is 12.1 Å². The van der Waals surface area contributed by atoms with Gasteiger partial charge in [0.2, 0.25) is 0 Å². The smallest absolute Gasteiger partial charge is 0.123 e. The average Bonchev–Trinajstić information content (AvgIpc) is 3.34. The van der Waals surface area contributed by atoms with Crippen LogP contribution >= 0.6 is 0 Å². The van der Waals surface area contributed by atoms with Crippen molar-refractivity contribution in [1.82, 2.24) is 0 Å². The predicted octanol–water partition coefficient (Wildman–Crippen LogP) is 17.1. The van der Waals surface area contributed by atoms with E-state index in [1.54, 1.807) is 0 Å². The van der Waals surface area contributed by atoms with Crippen molar-refractivity contribution < 1.29 is 4.39 Å². The summed E-state index contributed by atoms with van der Waals surface area (Å²) in [5.41, 5.74) is 12.5. The molecule has 11 aromatic carbocycles. The first-order valence-electron chi connectivity index (χ1n) is 21.1. The van der Waals surface area contributed by atoms with Crippen molar-refractivity contribution in [3.05, 3.63) is 247 Å². The van der Waals surface area contributed by atoms with Crippen LogP contribution in [0.1, 0.15) is 11.1 Å². The van der Waals surface area contributed by atoms with Crippen molar-refractivity contribution >= 4 is 72.3 Å². The molecule has 0 aromatic heterocycles. The molecule has 2 heteroatoms. The van der Waals surface area contributed by atoms with Gasteiger partial charge in [-0.1, -0.05) is 194 Å². The monoisotopic (exact) mass is 793 g/mol. The zero-order valence-corrected chi connectivity index (χ0v) is 33.9. The number of halogens is 1. The first kappa shape index (κ1) is 37.0. The minimum Gasteiger partial charge on any atom is -0.310 e. The second kappa shape index (κ2) is 15.8. The SMILES string of the molecule is Fc1ccc(N(c2ccc(/C=C/c3ccc(-c4ccc(-c5c6ccccc6c(-c6cccc7ccccc67)c6ccccc56)cc4)cc3)cc2)c2ccc3ccccc3c2)cc1. The van der Waals surface area contributed by atoms with Crippen molar-refractivity contribution in [2.45, 2.75) is 0 Å². The Bertz CT molecular complexity index is 3380. The van der Waals surface area contributed by atoms with Crippen molar-refractivity contribution in [3.8, 4) is 33.4 Å². The van der Waals surface area contributed by atoms with Crippen LogP contribution in [-0.4, -0.2) is 0 Å². The predicted molar refractivity (Wildman–Crippen MR) is 263 cm³/mol. The molecule has 0 saturated heterocycles. The summed E-state index contributed by atoms with van der Waals surface area (Å²) in [6.07, 6.45) is 4.30. The molecule has 0 unspecified atom stereocenters. The zero-order valence-electron chi connectivity index (χ0n) is 33.9. The Labute approximate surface area is 360 Å². The Morgan fingerprint density at radius 1 is 0.306 bits per heavy atom. The molecule has 0 aliphatic carbocycles. The minimum absolute atomic E-state index is 0.253. The van der Waals surface area contributed by atoms with Gasteiger partial charge in [-0.05, 0) is 136 Å². The molecule has 62 heavy (non-hydrogen) atoms. The van der Waals surface area contributed by atoms with E-state index in [0.29, 0.717) is 0 Å². The van der Waals surface area contributed by atoms with Crippen molar-refractivity contribution in [1.29, 1.82) is 0 Å². The molecule has 11 aromatic rings. The molecule has 0 radical (unpaired) electrons.